The van der Waals surface area contributed by atoms with Gasteiger partial charge < -0.3 is 29.6 Å². The summed E-state index contributed by atoms with van der Waals surface area (Å²) >= 11 is 0. The number of hydrogen-bond acceptors (Lipinski definition) is 8. The number of esters is 2. The molecule has 2 aromatic rings. The maximum Gasteiger partial charge on any atom is 0.412 e. The van der Waals surface area contributed by atoms with Gasteiger partial charge in [-0.1, -0.05) is 25.3 Å². The van der Waals surface area contributed by atoms with Crippen molar-refractivity contribution >= 4 is 34.9 Å². The lowest BCUT2D eigenvalue weighted by Gasteiger charge is -2.09. The maximum absolute atomic E-state index is 11.8. The van der Waals surface area contributed by atoms with Gasteiger partial charge in [-0.3, -0.25) is 0 Å². The number of rotatable bonds is 10. The Kier molecular flexibility index (Phi) is 9.26. The second-order valence-corrected chi connectivity index (χ2v) is 6.05. The highest BCUT2D eigenvalue weighted by Gasteiger charge is 2.08. The van der Waals surface area contributed by atoms with Gasteiger partial charge in [-0.15, -0.1) is 0 Å². The molecule has 168 valence electrons. The van der Waals surface area contributed by atoms with Crippen molar-refractivity contribution in [1.82, 2.24) is 10.6 Å². The van der Waals surface area contributed by atoms with Gasteiger partial charge in [0.2, 0.25) is 0 Å². The molecule has 32 heavy (non-hydrogen) atoms. The highest BCUT2D eigenvalue weighted by molar-refractivity contribution is 5.86. The maximum atomic E-state index is 11.8. The zero-order valence-corrected chi connectivity index (χ0v) is 17.1. The largest absolute Gasteiger partial charge is 0.461 e. The van der Waals surface area contributed by atoms with Gasteiger partial charge in [0, 0.05) is 12.2 Å². The predicted octanol–water partition coefficient (Wildman–Crippen LogP) is 2.48. The first kappa shape index (κ1) is 23.9. The fraction of sp³-hybridized carbons (Fsp3) is 0.182. The summed E-state index contributed by atoms with van der Waals surface area (Å²) in [6.45, 7) is 6.70. The van der Waals surface area contributed by atoms with Gasteiger partial charge in [-0.05, 0) is 35.0 Å². The average Bonchev–Trinajstić information content (AvgIpc) is 2.79. The number of hydrogen-bond donors (Lipinski definition) is 2. The van der Waals surface area contributed by atoms with Crippen LogP contribution in [0.4, 0.5) is 9.59 Å². The standard InChI is InChI=1S/C22H22N2O8/c1-3-19(25)29-11-9-23-21(27)31-17-7-5-16-14-18(8-6-15(16)13-17)32-22(28)24-10-12-30-20(26)4-2/h3-8,13-14H,1-2,9-12H2,(H,23,27)(H,24,28). The molecule has 2 N–H and O–H groups in total. The van der Waals surface area contributed by atoms with E-state index in [1.165, 1.54) is 0 Å². The van der Waals surface area contributed by atoms with Crippen LogP contribution in [0.5, 0.6) is 11.5 Å². The molecule has 0 aliphatic carbocycles. The molecule has 0 atom stereocenters. The quantitative estimate of drug-likeness (QED) is 0.326. The molecule has 0 fully saturated rings. The van der Waals surface area contributed by atoms with Crippen molar-refractivity contribution in [3.63, 3.8) is 0 Å². The number of nitrogens with one attached hydrogen (secondary N) is 2. The summed E-state index contributed by atoms with van der Waals surface area (Å²) in [6.07, 6.45) is 0.657. The topological polar surface area (TPSA) is 129 Å². The van der Waals surface area contributed by atoms with Crippen LogP contribution in [0.3, 0.4) is 0 Å². The molecular weight excluding hydrogens is 420 g/mol. The summed E-state index contributed by atoms with van der Waals surface area (Å²) in [6, 6.07) is 9.84. The Morgan fingerprint density at radius 3 is 1.50 bits per heavy atom. The second-order valence-electron chi connectivity index (χ2n) is 6.05. The van der Waals surface area contributed by atoms with Crippen molar-refractivity contribution in [3.8, 4) is 11.5 Å². The lowest BCUT2D eigenvalue weighted by molar-refractivity contribution is -0.138. The molecule has 0 bridgehead atoms. The van der Waals surface area contributed by atoms with Crippen molar-refractivity contribution in [2.45, 2.75) is 0 Å². The number of ether oxygens (including phenoxy) is 4. The molecule has 0 aliphatic heterocycles. The molecule has 2 rings (SSSR count). The Morgan fingerprint density at radius 1 is 0.719 bits per heavy atom. The van der Waals surface area contributed by atoms with E-state index in [0.717, 1.165) is 22.9 Å². The number of carbonyl (C=O) groups is 4. The third-order valence-corrected chi connectivity index (χ3v) is 3.77. The van der Waals surface area contributed by atoms with Crippen LogP contribution in [0.15, 0.2) is 61.7 Å². The SMILES string of the molecule is C=CC(=O)OCCNC(=O)Oc1ccc2cc(OC(=O)NCCOC(=O)C=C)ccc2c1. The van der Waals surface area contributed by atoms with Crippen molar-refractivity contribution in [3.05, 3.63) is 61.7 Å². The number of fused-ring (bicyclic) bond motifs is 1. The van der Waals surface area contributed by atoms with Gasteiger partial charge >= 0.3 is 24.1 Å². The minimum atomic E-state index is -0.700. The van der Waals surface area contributed by atoms with Crippen LogP contribution in [0, 0.1) is 0 Å². The molecule has 10 nitrogen and oxygen atoms in total. The van der Waals surface area contributed by atoms with E-state index in [-0.39, 0.29) is 26.3 Å². The molecule has 0 saturated heterocycles. The highest BCUT2D eigenvalue weighted by Crippen LogP contribution is 2.25. The van der Waals surface area contributed by atoms with Crippen molar-refractivity contribution < 1.29 is 38.1 Å². The van der Waals surface area contributed by atoms with Crippen LogP contribution in [0.2, 0.25) is 0 Å². The third kappa shape index (κ3) is 8.19. The summed E-state index contributed by atoms with van der Waals surface area (Å²) in [4.78, 5) is 45.4. The number of benzene rings is 2. The monoisotopic (exact) mass is 442 g/mol. The van der Waals surface area contributed by atoms with Crippen molar-refractivity contribution in [1.29, 1.82) is 0 Å². The summed E-state index contributed by atoms with van der Waals surface area (Å²) in [7, 11) is 0. The summed E-state index contributed by atoms with van der Waals surface area (Å²) in [5, 5.41) is 6.40. The lowest BCUT2D eigenvalue weighted by atomic mass is 10.1. The van der Waals surface area contributed by atoms with E-state index < -0.39 is 24.1 Å². The number of amides is 2. The normalized spacial score (nSPS) is 9.88. The fourth-order valence-electron chi connectivity index (χ4n) is 2.34. The van der Waals surface area contributed by atoms with E-state index in [9.17, 15) is 19.2 Å². The van der Waals surface area contributed by atoms with Gasteiger partial charge in [0.25, 0.3) is 0 Å². The first-order chi connectivity index (χ1) is 15.4. The summed E-state index contributed by atoms with van der Waals surface area (Å²) in [5.41, 5.74) is 0. The van der Waals surface area contributed by atoms with Crippen LogP contribution in [-0.2, 0) is 19.1 Å². The Morgan fingerprint density at radius 2 is 1.12 bits per heavy atom. The lowest BCUT2D eigenvalue weighted by Crippen LogP contribution is -2.30. The first-order valence-electron chi connectivity index (χ1n) is 9.45. The Labute approximate surface area is 183 Å². The zero-order chi connectivity index (χ0) is 23.3. The molecule has 0 spiro atoms. The van der Waals surface area contributed by atoms with Crippen LogP contribution in [0.1, 0.15) is 0 Å². The summed E-state index contributed by atoms with van der Waals surface area (Å²) < 4.78 is 19.8. The van der Waals surface area contributed by atoms with E-state index in [2.05, 4.69) is 23.8 Å². The Hall–Kier alpha value is -4.34. The van der Waals surface area contributed by atoms with Crippen molar-refractivity contribution in [2.75, 3.05) is 26.3 Å². The van der Waals surface area contributed by atoms with Gasteiger partial charge in [0.1, 0.15) is 24.7 Å². The second kappa shape index (κ2) is 12.4. The molecule has 0 radical (unpaired) electrons. The average molecular weight is 442 g/mol. The van der Waals surface area contributed by atoms with E-state index in [4.69, 9.17) is 18.9 Å². The molecular formula is C22H22N2O8. The molecule has 0 heterocycles. The van der Waals surface area contributed by atoms with Gasteiger partial charge in [-0.25, -0.2) is 19.2 Å². The highest BCUT2D eigenvalue weighted by atomic mass is 16.6. The van der Waals surface area contributed by atoms with E-state index >= 15 is 0 Å². The molecule has 10 heteroatoms. The van der Waals surface area contributed by atoms with Crippen LogP contribution in [0.25, 0.3) is 10.8 Å². The molecule has 0 aromatic heterocycles. The van der Waals surface area contributed by atoms with E-state index in [1.807, 2.05) is 0 Å². The van der Waals surface area contributed by atoms with Gasteiger partial charge in [0.15, 0.2) is 0 Å². The number of carbonyl (C=O) groups excluding carboxylic acids is 4. The molecule has 0 aliphatic rings. The fourth-order valence-corrected chi connectivity index (χ4v) is 2.34. The predicted molar refractivity (Wildman–Crippen MR) is 114 cm³/mol. The zero-order valence-electron chi connectivity index (χ0n) is 17.1. The minimum absolute atomic E-state index is 0.00595. The molecule has 0 saturated carbocycles. The van der Waals surface area contributed by atoms with Crippen molar-refractivity contribution in [2.24, 2.45) is 0 Å². The minimum Gasteiger partial charge on any atom is -0.461 e. The van der Waals surface area contributed by atoms with E-state index in [0.29, 0.717) is 11.5 Å². The summed E-state index contributed by atoms with van der Waals surface area (Å²) in [5.74, 6) is -0.550. The van der Waals surface area contributed by atoms with Gasteiger partial charge in [-0.2, -0.15) is 0 Å². The molecule has 2 amide bonds. The van der Waals surface area contributed by atoms with Crippen LogP contribution in [-0.4, -0.2) is 50.4 Å². The van der Waals surface area contributed by atoms with Gasteiger partial charge in [0.05, 0.1) is 13.1 Å². The van der Waals surface area contributed by atoms with E-state index in [1.54, 1.807) is 36.4 Å². The Balaban J connectivity index is 1.83. The third-order valence-electron chi connectivity index (χ3n) is 3.77. The van der Waals surface area contributed by atoms with Crippen LogP contribution >= 0.6 is 0 Å². The first-order valence-corrected chi connectivity index (χ1v) is 9.45. The molecule has 0 unspecified atom stereocenters. The smallest absolute Gasteiger partial charge is 0.412 e. The van der Waals surface area contributed by atoms with Crippen LogP contribution < -0.4 is 20.1 Å². The Bertz CT molecular complexity index is 937. The molecule has 2 aromatic carbocycles.